The number of hydrogen-bond donors (Lipinski definition) is 1. The number of benzene rings is 1. The molecule has 2 N–H and O–H groups in total. The Bertz CT molecular complexity index is 629. The lowest BCUT2D eigenvalue weighted by atomic mass is 10.1. The summed E-state index contributed by atoms with van der Waals surface area (Å²) < 4.78 is 5.49. The molecule has 2 aromatic rings. The molecule has 21 heavy (non-hydrogen) atoms. The second-order valence-electron chi connectivity index (χ2n) is 5.09. The summed E-state index contributed by atoms with van der Waals surface area (Å²) in [5.74, 6) is 3.74. The van der Waals surface area contributed by atoms with Crippen LogP contribution in [0.5, 0.6) is 0 Å². The Labute approximate surface area is 133 Å². The van der Waals surface area contributed by atoms with E-state index in [0.29, 0.717) is 16.4 Å². The number of rotatable bonds is 3. The monoisotopic (exact) mass is 321 g/mol. The lowest BCUT2D eigenvalue weighted by molar-refractivity contribution is 0.421. The van der Waals surface area contributed by atoms with Crippen LogP contribution in [0, 0.1) is 6.92 Å². The van der Waals surface area contributed by atoms with Gasteiger partial charge < -0.3 is 10.3 Å². The summed E-state index contributed by atoms with van der Waals surface area (Å²) in [6.07, 6.45) is 1.13. The summed E-state index contributed by atoms with van der Waals surface area (Å²) in [5, 5.41) is 5.12. The molecule has 3 rings (SSSR count). The van der Waals surface area contributed by atoms with Crippen LogP contribution in [0.3, 0.4) is 0 Å². The summed E-state index contributed by atoms with van der Waals surface area (Å²) in [6, 6.07) is 5.78. The predicted molar refractivity (Wildman–Crippen MR) is 90.6 cm³/mol. The van der Waals surface area contributed by atoms with E-state index in [0.717, 1.165) is 34.8 Å². The van der Waals surface area contributed by atoms with Crippen molar-refractivity contribution in [2.45, 2.75) is 30.8 Å². The number of anilines is 1. The summed E-state index contributed by atoms with van der Waals surface area (Å²) in [4.78, 5) is 4.64. The molecular weight excluding hydrogens is 302 g/mol. The maximum Gasteiger partial charge on any atom is 0.258 e. The van der Waals surface area contributed by atoms with Crippen molar-refractivity contribution in [3.05, 3.63) is 29.6 Å². The zero-order valence-electron chi connectivity index (χ0n) is 12.2. The molecule has 2 heterocycles. The Morgan fingerprint density at radius 1 is 1.33 bits per heavy atom. The van der Waals surface area contributed by atoms with Crippen molar-refractivity contribution in [2.24, 2.45) is 0 Å². The first-order valence-corrected chi connectivity index (χ1v) is 9.22. The third-order valence-electron chi connectivity index (χ3n) is 3.76. The van der Waals surface area contributed by atoms with Crippen LogP contribution < -0.4 is 5.73 Å². The maximum absolute atomic E-state index is 5.95. The minimum Gasteiger partial charge on any atom is -0.398 e. The van der Waals surface area contributed by atoms with Crippen molar-refractivity contribution >= 4 is 29.2 Å². The van der Waals surface area contributed by atoms with E-state index < -0.39 is 0 Å². The molecule has 2 atom stereocenters. The normalized spacial score (nSPS) is 22.4. The highest BCUT2D eigenvalue weighted by atomic mass is 32.2. The standard InChI is InChI=1S/C15H19N3OS2/c1-3-12-13(21-8-7-20-12)14-17-15(19-18-14)10-5-4-6-11(16)9(10)2/h4-6,12-13H,3,7-8,16H2,1-2H3. The van der Waals surface area contributed by atoms with Crippen LogP contribution >= 0.6 is 23.5 Å². The first-order valence-electron chi connectivity index (χ1n) is 7.13. The average Bonchev–Trinajstić information content (AvgIpc) is 2.99. The molecule has 1 aromatic carbocycles. The molecule has 1 aliphatic rings. The molecule has 0 amide bonds. The van der Waals surface area contributed by atoms with E-state index in [2.05, 4.69) is 17.1 Å². The summed E-state index contributed by atoms with van der Waals surface area (Å²) in [7, 11) is 0. The Morgan fingerprint density at radius 3 is 2.95 bits per heavy atom. The Morgan fingerprint density at radius 2 is 2.14 bits per heavy atom. The van der Waals surface area contributed by atoms with E-state index in [1.165, 1.54) is 5.75 Å². The van der Waals surface area contributed by atoms with E-state index in [1.807, 2.05) is 48.6 Å². The second-order valence-corrected chi connectivity index (χ2v) is 7.68. The van der Waals surface area contributed by atoms with Gasteiger partial charge in [-0.05, 0) is 31.0 Å². The van der Waals surface area contributed by atoms with Crippen molar-refractivity contribution in [3.63, 3.8) is 0 Å². The summed E-state index contributed by atoms with van der Waals surface area (Å²) >= 11 is 3.95. The number of nitrogens with two attached hydrogens (primary N) is 1. The lowest BCUT2D eigenvalue weighted by Crippen LogP contribution is -2.19. The van der Waals surface area contributed by atoms with Gasteiger partial charge in [-0.1, -0.05) is 18.1 Å². The van der Waals surface area contributed by atoms with Gasteiger partial charge >= 0.3 is 0 Å². The van der Waals surface area contributed by atoms with Gasteiger partial charge in [0.15, 0.2) is 5.82 Å². The van der Waals surface area contributed by atoms with Gasteiger partial charge in [0, 0.05) is 28.0 Å². The van der Waals surface area contributed by atoms with Gasteiger partial charge in [0.25, 0.3) is 5.89 Å². The quantitative estimate of drug-likeness (QED) is 0.864. The molecule has 0 bridgehead atoms. The number of thioether (sulfide) groups is 2. The lowest BCUT2D eigenvalue weighted by Gasteiger charge is -2.27. The zero-order valence-corrected chi connectivity index (χ0v) is 13.8. The number of nitrogens with zero attached hydrogens (tertiary/aromatic N) is 2. The fourth-order valence-electron chi connectivity index (χ4n) is 2.49. The molecule has 0 spiro atoms. The van der Waals surface area contributed by atoms with Gasteiger partial charge in [0.2, 0.25) is 0 Å². The van der Waals surface area contributed by atoms with Gasteiger partial charge in [-0.3, -0.25) is 0 Å². The zero-order chi connectivity index (χ0) is 14.8. The molecule has 0 radical (unpaired) electrons. The Kier molecular flexibility index (Phi) is 4.45. The Balaban J connectivity index is 1.91. The maximum atomic E-state index is 5.95. The van der Waals surface area contributed by atoms with Gasteiger partial charge in [0.05, 0.1) is 5.25 Å². The van der Waals surface area contributed by atoms with Crippen molar-refractivity contribution in [2.75, 3.05) is 17.2 Å². The van der Waals surface area contributed by atoms with Crippen molar-refractivity contribution in [3.8, 4) is 11.5 Å². The molecule has 0 aliphatic carbocycles. The Hall–Kier alpha value is -1.14. The molecule has 4 nitrogen and oxygen atoms in total. The first kappa shape index (κ1) is 14.8. The van der Waals surface area contributed by atoms with Crippen LogP contribution in [-0.4, -0.2) is 26.9 Å². The highest BCUT2D eigenvalue weighted by Gasteiger charge is 2.30. The molecule has 112 valence electrons. The number of hydrogen-bond acceptors (Lipinski definition) is 6. The van der Waals surface area contributed by atoms with E-state index in [4.69, 9.17) is 10.3 Å². The van der Waals surface area contributed by atoms with Crippen LogP contribution in [0.4, 0.5) is 5.69 Å². The number of aromatic nitrogens is 2. The van der Waals surface area contributed by atoms with Crippen LogP contribution in [0.15, 0.2) is 22.7 Å². The first-order chi connectivity index (χ1) is 10.2. The predicted octanol–water partition coefficient (Wildman–Crippen LogP) is 3.93. The third-order valence-corrected chi connectivity index (χ3v) is 7.00. The van der Waals surface area contributed by atoms with E-state index in [1.54, 1.807) is 0 Å². The molecule has 1 aromatic heterocycles. The van der Waals surface area contributed by atoms with Crippen molar-refractivity contribution < 1.29 is 4.52 Å². The topological polar surface area (TPSA) is 64.9 Å². The van der Waals surface area contributed by atoms with Crippen LogP contribution in [0.25, 0.3) is 11.5 Å². The van der Waals surface area contributed by atoms with Gasteiger partial charge in [0.1, 0.15) is 0 Å². The molecule has 1 fully saturated rings. The van der Waals surface area contributed by atoms with E-state index >= 15 is 0 Å². The largest absolute Gasteiger partial charge is 0.398 e. The van der Waals surface area contributed by atoms with Crippen molar-refractivity contribution in [1.82, 2.24) is 10.1 Å². The summed E-state index contributed by atoms with van der Waals surface area (Å²) in [5.41, 5.74) is 8.62. The SMILES string of the molecule is CCC1SCCSC1c1noc(-c2cccc(N)c2C)n1. The highest BCUT2D eigenvalue weighted by molar-refractivity contribution is 8.06. The van der Waals surface area contributed by atoms with E-state index in [-0.39, 0.29) is 0 Å². The van der Waals surface area contributed by atoms with Gasteiger partial charge in [-0.2, -0.15) is 16.7 Å². The minimum atomic E-state index is 0.326. The highest BCUT2D eigenvalue weighted by Crippen LogP contribution is 2.43. The van der Waals surface area contributed by atoms with Crippen molar-refractivity contribution in [1.29, 1.82) is 0 Å². The molecule has 0 saturated carbocycles. The van der Waals surface area contributed by atoms with Crippen LogP contribution in [0.1, 0.15) is 30.0 Å². The molecule has 2 unspecified atom stereocenters. The average molecular weight is 321 g/mol. The molecular formula is C15H19N3OS2. The minimum absolute atomic E-state index is 0.326. The van der Waals surface area contributed by atoms with Crippen LogP contribution in [-0.2, 0) is 0 Å². The third kappa shape index (κ3) is 2.92. The number of nitrogen functional groups attached to an aromatic ring is 1. The molecule has 6 heteroatoms. The fourth-order valence-corrected chi connectivity index (χ4v) is 5.47. The van der Waals surface area contributed by atoms with E-state index in [9.17, 15) is 0 Å². The molecule has 1 aliphatic heterocycles. The summed E-state index contributed by atoms with van der Waals surface area (Å²) in [6.45, 7) is 4.20. The molecule has 1 saturated heterocycles. The second kappa shape index (κ2) is 6.32. The van der Waals surface area contributed by atoms with Gasteiger partial charge in [-0.15, -0.1) is 11.8 Å². The van der Waals surface area contributed by atoms with Gasteiger partial charge in [-0.25, -0.2) is 0 Å². The smallest absolute Gasteiger partial charge is 0.258 e. The fraction of sp³-hybridized carbons (Fsp3) is 0.467. The van der Waals surface area contributed by atoms with Crippen LogP contribution in [0.2, 0.25) is 0 Å².